The molecule has 0 amide bonds. The number of nitrogens with one attached hydrogen (secondary N) is 1. The summed E-state index contributed by atoms with van der Waals surface area (Å²) in [6, 6.07) is 3.41. The fourth-order valence-electron chi connectivity index (χ4n) is 1.59. The van der Waals surface area contributed by atoms with Gasteiger partial charge in [-0.2, -0.15) is 0 Å². The van der Waals surface area contributed by atoms with Gasteiger partial charge < -0.3 is 14.9 Å². The minimum absolute atomic E-state index is 0.180. The number of nitrogens with zero attached hydrogens (tertiary/aromatic N) is 2. The standard InChI is InChI=1S/C12H15N3O2/c1-8-12(9(2)17-15-8)7-13-5-10-3-4-11(16)6-14-10/h3-4,6,13,16H,5,7H2,1-2H3. The molecule has 2 aromatic heterocycles. The Bertz CT molecular complexity index is 471. The summed E-state index contributed by atoms with van der Waals surface area (Å²) in [5.74, 6) is 1.02. The number of aryl methyl sites for hydroxylation is 2. The van der Waals surface area contributed by atoms with E-state index in [1.807, 2.05) is 13.8 Å². The molecule has 2 N–H and O–H groups in total. The molecule has 0 saturated heterocycles. The zero-order valence-electron chi connectivity index (χ0n) is 9.90. The predicted molar refractivity (Wildman–Crippen MR) is 62.4 cm³/mol. The first-order chi connectivity index (χ1) is 8.16. The maximum atomic E-state index is 9.10. The smallest absolute Gasteiger partial charge is 0.138 e. The summed E-state index contributed by atoms with van der Waals surface area (Å²) in [4.78, 5) is 4.09. The summed E-state index contributed by atoms with van der Waals surface area (Å²) in [6.07, 6.45) is 1.44. The van der Waals surface area contributed by atoms with Crippen molar-refractivity contribution in [3.8, 4) is 5.75 Å². The third-order valence-corrected chi connectivity index (χ3v) is 2.60. The van der Waals surface area contributed by atoms with E-state index in [2.05, 4.69) is 15.5 Å². The molecule has 0 spiro atoms. The topological polar surface area (TPSA) is 71.2 Å². The lowest BCUT2D eigenvalue weighted by Gasteiger charge is -2.03. The van der Waals surface area contributed by atoms with Crippen LogP contribution in [0.25, 0.3) is 0 Å². The van der Waals surface area contributed by atoms with Crippen LogP contribution in [0.15, 0.2) is 22.9 Å². The molecule has 2 heterocycles. The molecule has 0 aliphatic heterocycles. The van der Waals surface area contributed by atoms with E-state index in [9.17, 15) is 0 Å². The lowest BCUT2D eigenvalue weighted by atomic mass is 10.2. The van der Waals surface area contributed by atoms with Crippen LogP contribution in [0.3, 0.4) is 0 Å². The molecule has 5 heteroatoms. The summed E-state index contributed by atoms with van der Waals surface area (Å²) in [6.45, 7) is 5.16. The molecule has 0 aliphatic rings. The Hall–Kier alpha value is -1.88. The van der Waals surface area contributed by atoms with E-state index >= 15 is 0 Å². The third-order valence-electron chi connectivity index (χ3n) is 2.60. The third kappa shape index (κ3) is 2.82. The molecule has 17 heavy (non-hydrogen) atoms. The molecule has 0 radical (unpaired) electrons. The molecule has 0 unspecified atom stereocenters. The van der Waals surface area contributed by atoms with Crippen molar-refractivity contribution in [2.75, 3.05) is 0 Å². The van der Waals surface area contributed by atoms with Crippen molar-refractivity contribution in [2.45, 2.75) is 26.9 Å². The number of hydrogen-bond donors (Lipinski definition) is 2. The lowest BCUT2D eigenvalue weighted by Crippen LogP contribution is -2.14. The average molecular weight is 233 g/mol. The lowest BCUT2D eigenvalue weighted by molar-refractivity contribution is 0.392. The Morgan fingerprint density at radius 2 is 2.12 bits per heavy atom. The molecule has 90 valence electrons. The Balaban J connectivity index is 1.90. The Labute approximate surface area is 99.5 Å². The van der Waals surface area contributed by atoms with Crippen LogP contribution in [-0.4, -0.2) is 15.2 Å². The molecular formula is C12H15N3O2. The second kappa shape index (κ2) is 4.97. The Morgan fingerprint density at radius 1 is 1.29 bits per heavy atom. The van der Waals surface area contributed by atoms with Crippen LogP contribution in [0.2, 0.25) is 0 Å². The van der Waals surface area contributed by atoms with Crippen molar-refractivity contribution in [1.82, 2.24) is 15.5 Å². The van der Waals surface area contributed by atoms with Crippen molar-refractivity contribution >= 4 is 0 Å². The van der Waals surface area contributed by atoms with Gasteiger partial charge in [0, 0.05) is 18.7 Å². The molecule has 0 fully saturated rings. The molecule has 0 saturated carbocycles. The van der Waals surface area contributed by atoms with Crippen molar-refractivity contribution in [1.29, 1.82) is 0 Å². The highest BCUT2D eigenvalue weighted by Gasteiger charge is 2.07. The molecule has 0 aliphatic carbocycles. The van der Waals surface area contributed by atoms with Crippen LogP contribution < -0.4 is 5.32 Å². The summed E-state index contributed by atoms with van der Waals surface area (Å²) in [5, 5.41) is 16.3. The van der Waals surface area contributed by atoms with Gasteiger partial charge in [0.05, 0.1) is 17.6 Å². The fourth-order valence-corrected chi connectivity index (χ4v) is 1.59. The molecule has 0 aromatic carbocycles. The van der Waals surface area contributed by atoms with Gasteiger partial charge in [-0.25, -0.2) is 0 Å². The number of rotatable bonds is 4. The summed E-state index contributed by atoms with van der Waals surface area (Å²) in [7, 11) is 0. The van der Waals surface area contributed by atoms with Gasteiger partial charge in [-0.05, 0) is 26.0 Å². The number of aromatic nitrogens is 2. The Morgan fingerprint density at radius 3 is 2.71 bits per heavy atom. The minimum Gasteiger partial charge on any atom is -0.506 e. The summed E-state index contributed by atoms with van der Waals surface area (Å²) in [5.41, 5.74) is 2.88. The first kappa shape index (κ1) is 11.6. The van der Waals surface area contributed by atoms with Gasteiger partial charge in [-0.15, -0.1) is 0 Å². The molecule has 2 rings (SSSR count). The zero-order valence-corrected chi connectivity index (χ0v) is 9.90. The first-order valence-electron chi connectivity index (χ1n) is 5.43. The van der Waals surface area contributed by atoms with Crippen molar-refractivity contribution in [3.63, 3.8) is 0 Å². The summed E-state index contributed by atoms with van der Waals surface area (Å²) < 4.78 is 5.08. The van der Waals surface area contributed by atoms with Crippen LogP contribution in [-0.2, 0) is 13.1 Å². The first-order valence-corrected chi connectivity index (χ1v) is 5.43. The van der Waals surface area contributed by atoms with Crippen molar-refractivity contribution < 1.29 is 9.63 Å². The number of aromatic hydroxyl groups is 1. The van der Waals surface area contributed by atoms with Gasteiger partial charge in [0.2, 0.25) is 0 Å². The quantitative estimate of drug-likeness (QED) is 0.840. The predicted octanol–water partition coefficient (Wildman–Crippen LogP) is 1.68. The van der Waals surface area contributed by atoms with Crippen LogP contribution in [0.1, 0.15) is 22.7 Å². The molecule has 2 aromatic rings. The molecule has 0 bridgehead atoms. The minimum atomic E-state index is 0.180. The van der Waals surface area contributed by atoms with E-state index in [0.717, 1.165) is 22.7 Å². The number of pyridine rings is 1. The van der Waals surface area contributed by atoms with Crippen LogP contribution >= 0.6 is 0 Å². The maximum absolute atomic E-state index is 9.10. The monoisotopic (exact) mass is 233 g/mol. The highest BCUT2D eigenvalue weighted by atomic mass is 16.5. The zero-order chi connectivity index (χ0) is 12.3. The molecular weight excluding hydrogens is 218 g/mol. The van der Waals surface area contributed by atoms with Gasteiger partial charge in [0.25, 0.3) is 0 Å². The second-order valence-corrected chi connectivity index (χ2v) is 3.91. The largest absolute Gasteiger partial charge is 0.506 e. The van der Waals surface area contributed by atoms with Gasteiger partial charge in [-0.1, -0.05) is 5.16 Å². The highest BCUT2D eigenvalue weighted by Crippen LogP contribution is 2.12. The van der Waals surface area contributed by atoms with E-state index in [0.29, 0.717) is 13.1 Å². The van der Waals surface area contributed by atoms with Crippen LogP contribution in [0, 0.1) is 13.8 Å². The van der Waals surface area contributed by atoms with Gasteiger partial charge in [-0.3, -0.25) is 4.98 Å². The second-order valence-electron chi connectivity index (χ2n) is 3.91. The number of hydrogen-bond acceptors (Lipinski definition) is 5. The van der Waals surface area contributed by atoms with Gasteiger partial charge in [0.1, 0.15) is 11.5 Å². The van der Waals surface area contributed by atoms with Crippen molar-refractivity contribution in [2.24, 2.45) is 0 Å². The maximum Gasteiger partial charge on any atom is 0.138 e. The van der Waals surface area contributed by atoms with Gasteiger partial charge >= 0.3 is 0 Å². The Kier molecular flexibility index (Phi) is 3.39. The van der Waals surface area contributed by atoms with E-state index in [1.165, 1.54) is 6.20 Å². The van der Waals surface area contributed by atoms with Gasteiger partial charge in [0.15, 0.2) is 0 Å². The highest BCUT2D eigenvalue weighted by molar-refractivity contribution is 5.21. The SMILES string of the molecule is Cc1noc(C)c1CNCc1ccc(O)cn1. The van der Waals surface area contributed by atoms with E-state index in [4.69, 9.17) is 9.63 Å². The average Bonchev–Trinajstić information content (AvgIpc) is 2.63. The van der Waals surface area contributed by atoms with E-state index < -0.39 is 0 Å². The summed E-state index contributed by atoms with van der Waals surface area (Å²) >= 11 is 0. The van der Waals surface area contributed by atoms with Crippen molar-refractivity contribution in [3.05, 3.63) is 41.0 Å². The normalized spacial score (nSPS) is 10.7. The van der Waals surface area contributed by atoms with Crippen LogP contribution in [0.5, 0.6) is 5.75 Å². The molecule has 0 atom stereocenters. The van der Waals surface area contributed by atoms with Crippen LogP contribution in [0.4, 0.5) is 0 Å². The van der Waals surface area contributed by atoms with E-state index in [1.54, 1.807) is 12.1 Å². The molecule has 5 nitrogen and oxygen atoms in total. The van der Waals surface area contributed by atoms with E-state index in [-0.39, 0.29) is 5.75 Å². The fraction of sp³-hybridized carbons (Fsp3) is 0.333.